The Morgan fingerprint density at radius 1 is 0.674 bits per heavy atom. The molecule has 9 nitrogen and oxygen atoms in total. The number of hydrogen-bond acceptors (Lipinski definition) is 6. The van der Waals surface area contributed by atoms with Gasteiger partial charge in [-0.25, -0.2) is 14.4 Å². The van der Waals surface area contributed by atoms with Crippen LogP contribution in [0.4, 0.5) is 14.4 Å². The van der Waals surface area contributed by atoms with E-state index < -0.39 is 16.8 Å². The molecule has 0 aromatic carbocycles. The summed E-state index contributed by atoms with van der Waals surface area (Å²) in [5, 5.41) is 0. The Morgan fingerprint density at radius 3 is 1.70 bits per heavy atom. The number of ether oxygens (including phenoxy) is 3. The van der Waals surface area contributed by atoms with Gasteiger partial charge in [0.1, 0.15) is 16.8 Å². The van der Waals surface area contributed by atoms with E-state index in [1.54, 1.807) is 0 Å². The molecule has 3 amide bonds. The fourth-order valence-corrected chi connectivity index (χ4v) is 6.97. The van der Waals surface area contributed by atoms with Crippen molar-refractivity contribution >= 4 is 18.3 Å². The van der Waals surface area contributed by atoms with Gasteiger partial charge in [0.25, 0.3) is 0 Å². The second-order valence-corrected chi connectivity index (χ2v) is 17.3. The van der Waals surface area contributed by atoms with Crippen molar-refractivity contribution in [2.45, 2.75) is 188 Å². The van der Waals surface area contributed by atoms with Gasteiger partial charge in [-0.05, 0) is 134 Å². The van der Waals surface area contributed by atoms with Crippen LogP contribution in [0, 0.1) is 5.92 Å². The summed E-state index contributed by atoms with van der Waals surface area (Å²) in [6, 6.07) is -0.0330. The minimum atomic E-state index is -0.609. The SMILES string of the molecule is C[C@H]1CC(/C=C/CC2CCC(/C=C/CC3CCC(C)(C)N3C(=O)OC(C)(C)C)N2C(=O)OC(C)(C)C)N(C(=O)OC(C)(C)C)[C@H]1C. The van der Waals surface area contributed by atoms with Crippen LogP contribution in [0.15, 0.2) is 24.3 Å². The van der Waals surface area contributed by atoms with E-state index in [0.717, 1.165) is 32.1 Å². The maximum atomic E-state index is 13.5. The lowest BCUT2D eigenvalue weighted by molar-refractivity contribution is 0.00398. The van der Waals surface area contributed by atoms with Crippen molar-refractivity contribution in [2.75, 3.05) is 0 Å². The Kier molecular flexibility index (Phi) is 11.6. The number of rotatable bonds is 6. The van der Waals surface area contributed by atoms with Crippen molar-refractivity contribution < 1.29 is 28.6 Å². The maximum Gasteiger partial charge on any atom is 0.411 e. The fourth-order valence-electron chi connectivity index (χ4n) is 6.97. The monoisotopic (exact) mass is 645 g/mol. The van der Waals surface area contributed by atoms with E-state index in [1.807, 2.05) is 77.0 Å². The van der Waals surface area contributed by atoms with Crippen LogP contribution in [0.25, 0.3) is 0 Å². The van der Waals surface area contributed by atoms with E-state index in [2.05, 4.69) is 52.0 Å². The van der Waals surface area contributed by atoms with Crippen LogP contribution >= 0.6 is 0 Å². The Hall–Kier alpha value is -2.71. The number of hydrogen-bond donors (Lipinski definition) is 0. The Balaban J connectivity index is 1.73. The Bertz CT molecular complexity index is 1140. The molecule has 3 heterocycles. The molecule has 3 rings (SSSR count). The van der Waals surface area contributed by atoms with Crippen LogP contribution in [-0.2, 0) is 14.2 Å². The van der Waals surface area contributed by atoms with E-state index in [0.29, 0.717) is 18.8 Å². The smallest absolute Gasteiger partial charge is 0.411 e. The van der Waals surface area contributed by atoms with Gasteiger partial charge in [-0.3, -0.25) is 14.7 Å². The van der Waals surface area contributed by atoms with Gasteiger partial charge >= 0.3 is 18.3 Å². The third-order valence-corrected chi connectivity index (χ3v) is 9.22. The van der Waals surface area contributed by atoms with Gasteiger partial charge in [0.05, 0.1) is 12.1 Å². The molecule has 4 unspecified atom stereocenters. The lowest BCUT2D eigenvalue weighted by Gasteiger charge is -2.37. The average Bonchev–Trinajstić information content (AvgIpc) is 3.48. The molecule has 0 radical (unpaired) electrons. The molecule has 3 aliphatic rings. The Morgan fingerprint density at radius 2 is 1.15 bits per heavy atom. The molecule has 3 saturated heterocycles. The first-order valence-corrected chi connectivity index (χ1v) is 17.4. The predicted octanol–water partition coefficient (Wildman–Crippen LogP) is 8.86. The normalized spacial score (nSPS) is 28.8. The minimum absolute atomic E-state index is 0.0179. The molecule has 3 fully saturated rings. The first-order chi connectivity index (χ1) is 21.0. The lowest BCUT2D eigenvalue weighted by atomic mass is 10.0. The van der Waals surface area contributed by atoms with Crippen molar-refractivity contribution in [3.8, 4) is 0 Å². The maximum absolute atomic E-state index is 13.5. The summed E-state index contributed by atoms with van der Waals surface area (Å²) in [7, 11) is 0. The fraction of sp³-hybridized carbons (Fsp3) is 0.811. The topological polar surface area (TPSA) is 88.6 Å². The summed E-state index contributed by atoms with van der Waals surface area (Å²) in [5.74, 6) is 0.359. The van der Waals surface area contributed by atoms with Crippen molar-refractivity contribution in [3.63, 3.8) is 0 Å². The molecule has 0 bridgehead atoms. The molecular weight excluding hydrogens is 582 g/mol. The third kappa shape index (κ3) is 10.1. The lowest BCUT2D eigenvalue weighted by Crippen LogP contribution is -2.49. The number of carbonyl (C=O) groups is 3. The van der Waals surface area contributed by atoms with Gasteiger partial charge < -0.3 is 14.2 Å². The summed E-state index contributed by atoms with van der Waals surface area (Å²) in [6.07, 6.45) is 13.4. The van der Waals surface area contributed by atoms with Crippen LogP contribution in [0.3, 0.4) is 0 Å². The molecule has 6 atom stereocenters. The zero-order valence-corrected chi connectivity index (χ0v) is 31.0. The molecule has 0 aliphatic carbocycles. The molecule has 0 N–H and O–H groups in total. The summed E-state index contributed by atoms with van der Waals surface area (Å²) >= 11 is 0. The van der Waals surface area contributed by atoms with Crippen LogP contribution < -0.4 is 0 Å². The summed E-state index contributed by atoms with van der Waals surface area (Å²) in [5.41, 5.74) is -2.00. The second kappa shape index (κ2) is 14.2. The van der Waals surface area contributed by atoms with Gasteiger partial charge in [-0.1, -0.05) is 31.2 Å². The van der Waals surface area contributed by atoms with Crippen molar-refractivity contribution in [1.29, 1.82) is 0 Å². The highest BCUT2D eigenvalue weighted by atomic mass is 16.6. The van der Waals surface area contributed by atoms with E-state index in [9.17, 15) is 14.4 Å². The summed E-state index contributed by atoms with van der Waals surface area (Å²) < 4.78 is 17.4. The van der Waals surface area contributed by atoms with Gasteiger partial charge in [0.2, 0.25) is 0 Å². The molecule has 0 saturated carbocycles. The largest absolute Gasteiger partial charge is 0.444 e. The summed E-state index contributed by atoms with van der Waals surface area (Å²) in [4.78, 5) is 45.4. The zero-order valence-electron chi connectivity index (χ0n) is 31.0. The second-order valence-electron chi connectivity index (χ2n) is 17.3. The standard InChI is InChI=1S/C37H63N3O6/c1-25-24-30(38(26(25)2)31(41)44-34(3,4)5)19-15-17-28-21-20-27(39(28)32(42)45-35(6,7)8)16-14-18-29-22-23-37(12,13)40(29)33(43)46-36(9,10)11/h14-16,19,25-30H,17-18,20-24H2,1-13H3/b16-14+,19-15+/t25-,26-,27?,28?,29?,30?/m0/s1. The molecular formula is C37H63N3O6. The van der Waals surface area contributed by atoms with Crippen molar-refractivity contribution in [2.24, 2.45) is 5.92 Å². The molecule has 0 spiro atoms. The van der Waals surface area contributed by atoms with Crippen LogP contribution in [0.5, 0.6) is 0 Å². The number of carbonyl (C=O) groups excluding carboxylic acids is 3. The first-order valence-electron chi connectivity index (χ1n) is 17.4. The van der Waals surface area contributed by atoms with E-state index in [1.165, 1.54) is 0 Å². The molecule has 46 heavy (non-hydrogen) atoms. The van der Waals surface area contributed by atoms with E-state index in [-0.39, 0.29) is 54.0 Å². The van der Waals surface area contributed by atoms with E-state index >= 15 is 0 Å². The minimum Gasteiger partial charge on any atom is -0.444 e. The van der Waals surface area contributed by atoms with Crippen molar-refractivity contribution in [1.82, 2.24) is 14.7 Å². The average molecular weight is 646 g/mol. The highest BCUT2D eigenvalue weighted by Gasteiger charge is 2.44. The number of amides is 3. The highest BCUT2D eigenvalue weighted by molar-refractivity contribution is 5.71. The predicted molar refractivity (Wildman–Crippen MR) is 183 cm³/mol. The Labute approximate surface area is 279 Å². The molecule has 0 aromatic heterocycles. The highest BCUT2D eigenvalue weighted by Crippen LogP contribution is 2.37. The quantitative estimate of drug-likeness (QED) is 0.212. The third-order valence-electron chi connectivity index (χ3n) is 9.22. The number of likely N-dealkylation sites (tertiary alicyclic amines) is 3. The van der Waals surface area contributed by atoms with Crippen molar-refractivity contribution in [3.05, 3.63) is 24.3 Å². The molecule has 262 valence electrons. The molecule has 0 aromatic rings. The van der Waals surface area contributed by atoms with Gasteiger partial charge in [-0.15, -0.1) is 0 Å². The number of nitrogens with zero attached hydrogens (tertiary/aromatic N) is 3. The van der Waals surface area contributed by atoms with Gasteiger partial charge in [-0.2, -0.15) is 0 Å². The van der Waals surface area contributed by atoms with Gasteiger partial charge in [0.15, 0.2) is 0 Å². The summed E-state index contributed by atoms with van der Waals surface area (Å²) in [6.45, 7) is 25.5. The van der Waals surface area contributed by atoms with Crippen LogP contribution in [0.2, 0.25) is 0 Å². The first kappa shape index (κ1) is 37.7. The zero-order chi connectivity index (χ0) is 34.8. The molecule has 9 heteroatoms. The van der Waals surface area contributed by atoms with Crippen LogP contribution in [-0.4, -0.2) is 85.5 Å². The van der Waals surface area contributed by atoms with E-state index in [4.69, 9.17) is 14.2 Å². The molecule has 3 aliphatic heterocycles. The van der Waals surface area contributed by atoms with Crippen LogP contribution in [0.1, 0.15) is 135 Å². The van der Waals surface area contributed by atoms with Gasteiger partial charge in [0, 0.05) is 23.7 Å².